The Morgan fingerprint density at radius 1 is 0.902 bits per heavy atom. The lowest BCUT2D eigenvalue weighted by Crippen LogP contribution is -2.61. The van der Waals surface area contributed by atoms with E-state index in [1.165, 1.54) is 73.6 Å². The SMILES string of the molecule is O=C(CN1CCn2c(c(C3CCCCC3)c3ccc(C(=O)O)cc32)-c2ccccc21)NC12CC3CC(CC(C3)C1)C2. The third-order valence-corrected chi connectivity index (χ3v) is 11.2. The van der Waals surface area contributed by atoms with Crippen LogP contribution in [0.2, 0.25) is 0 Å². The number of aromatic nitrogens is 1. The maximum Gasteiger partial charge on any atom is 0.335 e. The van der Waals surface area contributed by atoms with Gasteiger partial charge in [-0.25, -0.2) is 4.79 Å². The predicted molar refractivity (Wildman–Crippen MR) is 161 cm³/mol. The molecule has 4 bridgehead atoms. The summed E-state index contributed by atoms with van der Waals surface area (Å²) >= 11 is 0. The molecule has 1 amide bonds. The van der Waals surface area contributed by atoms with Gasteiger partial charge >= 0.3 is 5.97 Å². The molecule has 6 aliphatic rings. The Bertz CT molecular complexity index is 1500. The smallest absolute Gasteiger partial charge is 0.335 e. The third-order valence-electron chi connectivity index (χ3n) is 11.2. The number of nitrogens with one attached hydrogen (secondary N) is 1. The molecule has 0 radical (unpaired) electrons. The number of carboxylic acid groups (broad SMARTS) is 1. The van der Waals surface area contributed by atoms with Crippen LogP contribution in [-0.4, -0.2) is 40.2 Å². The number of nitrogens with zero attached hydrogens (tertiary/aromatic N) is 2. The Kier molecular flexibility index (Phi) is 5.98. The van der Waals surface area contributed by atoms with Gasteiger partial charge in [-0.05, 0) is 98.8 Å². The monoisotopic (exact) mass is 551 g/mol. The minimum atomic E-state index is -0.890. The van der Waals surface area contributed by atoms with Crippen molar-refractivity contribution in [1.29, 1.82) is 0 Å². The van der Waals surface area contributed by atoms with Crippen LogP contribution in [0.5, 0.6) is 0 Å². The fourth-order valence-electron chi connectivity index (χ4n) is 10.1. The van der Waals surface area contributed by atoms with E-state index in [1.54, 1.807) is 6.07 Å². The lowest BCUT2D eigenvalue weighted by molar-refractivity contribution is -0.125. The van der Waals surface area contributed by atoms with Crippen molar-refractivity contribution >= 4 is 28.5 Å². The van der Waals surface area contributed by atoms with Crippen LogP contribution in [0.15, 0.2) is 42.5 Å². The van der Waals surface area contributed by atoms with E-state index >= 15 is 0 Å². The summed E-state index contributed by atoms with van der Waals surface area (Å²) in [6.07, 6.45) is 13.7. The van der Waals surface area contributed by atoms with Crippen molar-refractivity contribution in [3.05, 3.63) is 53.6 Å². The van der Waals surface area contributed by atoms with Crippen molar-refractivity contribution in [1.82, 2.24) is 9.88 Å². The quantitative estimate of drug-likeness (QED) is 0.360. The number of hydrogen-bond acceptors (Lipinski definition) is 3. The lowest BCUT2D eigenvalue weighted by Gasteiger charge is -2.57. The van der Waals surface area contributed by atoms with E-state index in [2.05, 4.69) is 39.0 Å². The highest BCUT2D eigenvalue weighted by Gasteiger charge is 2.51. The predicted octanol–water partition coefficient (Wildman–Crippen LogP) is 6.96. The Balaban J connectivity index is 1.16. The number of carbonyl (C=O) groups is 2. The maximum atomic E-state index is 13.8. The fourth-order valence-corrected chi connectivity index (χ4v) is 10.1. The summed E-state index contributed by atoms with van der Waals surface area (Å²) < 4.78 is 2.36. The topological polar surface area (TPSA) is 74.6 Å². The molecule has 0 unspecified atom stereocenters. The summed E-state index contributed by atoms with van der Waals surface area (Å²) in [4.78, 5) is 28.0. The number of anilines is 1. The summed E-state index contributed by atoms with van der Waals surface area (Å²) in [5, 5.41) is 14.6. The van der Waals surface area contributed by atoms with Gasteiger partial charge in [0.1, 0.15) is 0 Å². The molecular weight excluding hydrogens is 510 g/mol. The number of aromatic carboxylic acids is 1. The van der Waals surface area contributed by atoms with Crippen LogP contribution in [0.4, 0.5) is 5.69 Å². The highest BCUT2D eigenvalue weighted by molar-refractivity contribution is 6.00. The van der Waals surface area contributed by atoms with Gasteiger partial charge in [-0.1, -0.05) is 43.5 Å². The number of rotatable bonds is 5. The van der Waals surface area contributed by atoms with Crippen molar-refractivity contribution in [3.8, 4) is 11.3 Å². The van der Waals surface area contributed by atoms with Crippen molar-refractivity contribution in [2.24, 2.45) is 17.8 Å². The molecule has 2 heterocycles. The van der Waals surface area contributed by atoms with Crippen LogP contribution in [-0.2, 0) is 11.3 Å². The number of carboxylic acids is 1. The molecule has 1 aliphatic heterocycles. The van der Waals surface area contributed by atoms with Crippen molar-refractivity contribution in [2.45, 2.75) is 88.6 Å². The van der Waals surface area contributed by atoms with Crippen molar-refractivity contribution in [3.63, 3.8) is 0 Å². The molecule has 0 atom stereocenters. The van der Waals surface area contributed by atoms with E-state index < -0.39 is 5.97 Å². The number of fused-ring (bicyclic) bond motifs is 5. The van der Waals surface area contributed by atoms with Crippen LogP contribution in [0.1, 0.15) is 92.5 Å². The van der Waals surface area contributed by atoms with E-state index in [0.717, 1.165) is 54.8 Å². The molecule has 214 valence electrons. The minimum absolute atomic E-state index is 0.0139. The largest absolute Gasteiger partial charge is 0.478 e. The average molecular weight is 552 g/mol. The normalized spacial score (nSPS) is 28.8. The van der Waals surface area contributed by atoms with Gasteiger partial charge in [0.15, 0.2) is 0 Å². The van der Waals surface area contributed by atoms with Gasteiger partial charge in [-0.2, -0.15) is 0 Å². The van der Waals surface area contributed by atoms with Gasteiger partial charge in [0.25, 0.3) is 0 Å². The molecule has 2 aromatic carbocycles. The molecule has 9 rings (SSSR count). The Morgan fingerprint density at radius 3 is 2.32 bits per heavy atom. The zero-order valence-corrected chi connectivity index (χ0v) is 23.9. The first-order valence-corrected chi connectivity index (χ1v) is 16.0. The first kappa shape index (κ1) is 25.4. The second-order valence-corrected chi connectivity index (χ2v) is 14.0. The average Bonchev–Trinajstić information content (AvgIpc) is 3.19. The first-order chi connectivity index (χ1) is 20.0. The molecule has 5 aliphatic carbocycles. The van der Waals surface area contributed by atoms with Gasteiger partial charge in [0, 0.05) is 40.8 Å². The van der Waals surface area contributed by atoms with Crippen LogP contribution in [0.3, 0.4) is 0 Å². The van der Waals surface area contributed by atoms with Gasteiger partial charge in [-0.15, -0.1) is 0 Å². The molecule has 5 fully saturated rings. The molecule has 6 heteroatoms. The summed E-state index contributed by atoms with van der Waals surface area (Å²) in [5.74, 6) is 2.13. The summed E-state index contributed by atoms with van der Waals surface area (Å²) in [7, 11) is 0. The maximum absolute atomic E-state index is 13.8. The minimum Gasteiger partial charge on any atom is -0.478 e. The molecule has 6 nitrogen and oxygen atoms in total. The van der Waals surface area contributed by atoms with Crippen LogP contribution >= 0.6 is 0 Å². The van der Waals surface area contributed by atoms with Crippen molar-refractivity contribution in [2.75, 3.05) is 18.0 Å². The van der Waals surface area contributed by atoms with Crippen LogP contribution < -0.4 is 10.2 Å². The van der Waals surface area contributed by atoms with Gasteiger partial charge in [0.2, 0.25) is 5.91 Å². The Morgan fingerprint density at radius 2 is 1.61 bits per heavy atom. The van der Waals surface area contributed by atoms with Crippen molar-refractivity contribution < 1.29 is 14.7 Å². The van der Waals surface area contributed by atoms with E-state index in [0.29, 0.717) is 24.6 Å². The van der Waals surface area contributed by atoms with Gasteiger partial charge in [-0.3, -0.25) is 4.79 Å². The van der Waals surface area contributed by atoms with Gasteiger partial charge in [0.05, 0.1) is 17.8 Å². The van der Waals surface area contributed by atoms with E-state index in [-0.39, 0.29) is 11.4 Å². The van der Waals surface area contributed by atoms with Crippen LogP contribution in [0, 0.1) is 17.8 Å². The molecule has 2 N–H and O–H groups in total. The number of hydrogen-bond donors (Lipinski definition) is 2. The Hall–Kier alpha value is -3.28. The summed E-state index contributed by atoms with van der Waals surface area (Å²) in [6, 6.07) is 14.3. The zero-order chi connectivity index (χ0) is 27.7. The number of para-hydroxylation sites is 1. The molecular formula is C35H41N3O3. The molecule has 0 spiro atoms. The number of carbonyl (C=O) groups excluding carboxylic acids is 1. The lowest BCUT2D eigenvalue weighted by atomic mass is 9.53. The molecule has 41 heavy (non-hydrogen) atoms. The highest BCUT2D eigenvalue weighted by atomic mass is 16.4. The fraction of sp³-hybridized carbons (Fsp3) is 0.543. The molecule has 3 aromatic rings. The third kappa shape index (κ3) is 4.28. The highest BCUT2D eigenvalue weighted by Crippen LogP contribution is 2.55. The molecule has 5 saturated carbocycles. The van der Waals surface area contributed by atoms with E-state index in [9.17, 15) is 14.7 Å². The molecule has 1 aromatic heterocycles. The first-order valence-electron chi connectivity index (χ1n) is 16.0. The number of benzene rings is 2. The van der Waals surface area contributed by atoms with E-state index in [4.69, 9.17) is 0 Å². The second kappa shape index (κ2) is 9.64. The second-order valence-electron chi connectivity index (χ2n) is 14.0. The van der Waals surface area contributed by atoms with E-state index in [1.807, 2.05) is 12.1 Å². The van der Waals surface area contributed by atoms with Crippen LogP contribution in [0.25, 0.3) is 22.2 Å². The standard InChI is InChI=1S/C35H41N3O3/c39-31(36-35-18-22-14-23(19-35)16-24(15-22)20-35)21-37-12-13-38-30-17-26(34(40)41)10-11-27(30)32(25-6-2-1-3-7-25)33(38)28-8-4-5-9-29(28)37/h4-5,8-11,17,22-25H,1-3,6-7,12-16,18-21H2,(H,36,39)(H,40,41). The zero-order valence-electron chi connectivity index (χ0n) is 23.9. The summed E-state index contributed by atoms with van der Waals surface area (Å²) in [6.45, 7) is 1.80. The number of amides is 1. The summed E-state index contributed by atoms with van der Waals surface area (Å²) in [5.41, 5.74) is 6.25. The Labute approximate surface area is 242 Å². The van der Waals surface area contributed by atoms with Gasteiger partial charge < -0.3 is 19.9 Å². The molecule has 0 saturated heterocycles.